The molecule has 0 amide bonds. The van der Waals surface area contributed by atoms with E-state index in [0.717, 1.165) is 22.0 Å². The fourth-order valence-electron chi connectivity index (χ4n) is 3.29. The molecule has 0 aliphatic heterocycles. The Morgan fingerprint density at radius 2 is 1.94 bits per heavy atom. The molecule has 3 heterocycles. The predicted molar refractivity (Wildman–Crippen MR) is 115 cm³/mol. The first-order valence-corrected chi connectivity index (χ1v) is 10.4. The summed E-state index contributed by atoms with van der Waals surface area (Å²) in [5.74, 6) is -1.03. The highest BCUT2D eigenvalue weighted by Gasteiger charge is 2.19. The Morgan fingerprint density at radius 3 is 2.72 bits per heavy atom. The molecule has 5 aromatic rings. The highest BCUT2D eigenvalue weighted by Crippen LogP contribution is 2.23. The normalized spacial score (nSPS) is 11.3. The van der Waals surface area contributed by atoms with Gasteiger partial charge in [-0.05, 0) is 47.8 Å². The third-order valence-corrected chi connectivity index (χ3v) is 5.96. The van der Waals surface area contributed by atoms with E-state index in [0.29, 0.717) is 15.8 Å². The third kappa shape index (κ3) is 3.43. The maximum Gasteiger partial charge on any atom is 0.336 e. The van der Waals surface area contributed by atoms with Gasteiger partial charge in [0.05, 0.1) is 16.2 Å². The Morgan fingerprint density at radius 1 is 1.09 bits per heavy atom. The van der Waals surface area contributed by atoms with E-state index >= 15 is 0 Å². The molecular formula is C21H11ClF2N4O3S. The van der Waals surface area contributed by atoms with Crippen molar-refractivity contribution in [2.45, 2.75) is 6.54 Å². The molecule has 160 valence electrons. The number of benzene rings is 2. The van der Waals surface area contributed by atoms with Crippen LogP contribution < -0.4 is 11.2 Å². The summed E-state index contributed by atoms with van der Waals surface area (Å²) in [5.41, 5.74) is -0.407. The lowest BCUT2D eigenvalue weighted by molar-refractivity contribution is 0.370. The summed E-state index contributed by atoms with van der Waals surface area (Å²) in [6, 6.07) is 10.9. The van der Waals surface area contributed by atoms with Crippen molar-refractivity contribution in [2.75, 3.05) is 0 Å². The van der Waals surface area contributed by atoms with Gasteiger partial charge in [0.25, 0.3) is 5.56 Å². The summed E-state index contributed by atoms with van der Waals surface area (Å²) in [7, 11) is 0. The summed E-state index contributed by atoms with van der Waals surface area (Å²) in [5, 5.41) is 5.47. The van der Waals surface area contributed by atoms with Gasteiger partial charge < -0.3 is 4.52 Å². The molecule has 11 heteroatoms. The van der Waals surface area contributed by atoms with Crippen LogP contribution in [0.1, 0.15) is 5.89 Å². The zero-order valence-electron chi connectivity index (χ0n) is 16.0. The third-order valence-electron chi connectivity index (χ3n) is 4.76. The highest BCUT2D eigenvalue weighted by molar-refractivity contribution is 7.17. The second-order valence-corrected chi connectivity index (χ2v) is 8.09. The molecule has 0 radical (unpaired) electrons. The van der Waals surface area contributed by atoms with Crippen LogP contribution in [0.2, 0.25) is 5.02 Å². The predicted octanol–water partition coefficient (Wildman–Crippen LogP) is 4.24. The van der Waals surface area contributed by atoms with Crippen molar-refractivity contribution >= 4 is 33.2 Å². The monoisotopic (exact) mass is 472 g/mol. The van der Waals surface area contributed by atoms with Crippen molar-refractivity contribution in [3.8, 4) is 17.1 Å². The smallest absolute Gasteiger partial charge is 0.336 e. The maximum absolute atomic E-state index is 13.8. The molecular weight excluding hydrogens is 462 g/mol. The molecule has 0 N–H and O–H groups in total. The van der Waals surface area contributed by atoms with E-state index in [1.54, 1.807) is 11.4 Å². The number of fused-ring (bicyclic) bond motifs is 1. The van der Waals surface area contributed by atoms with E-state index in [9.17, 15) is 18.4 Å². The minimum Gasteiger partial charge on any atom is -0.337 e. The molecule has 0 unspecified atom stereocenters. The van der Waals surface area contributed by atoms with Crippen molar-refractivity contribution in [1.82, 2.24) is 19.3 Å². The van der Waals surface area contributed by atoms with E-state index < -0.39 is 22.9 Å². The van der Waals surface area contributed by atoms with Gasteiger partial charge in [0.1, 0.15) is 22.9 Å². The number of halogens is 3. The van der Waals surface area contributed by atoms with Crippen LogP contribution in [-0.2, 0) is 6.54 Å². The fraction of sp³-hybridized carbons (Fsp3) is 0.0476. The average Bonchev–Trinajstić information content (AvgIpc) is 3.43. The van der Waals surface area contributed by atoms with Crippen LogP contribution in [0.25, 0.3) is 27.3 Å². The van der Waals surface area contributed by atoms with E-state index in [4.69, 9.17) is 16.1 Å². The Labute approximate surface area is 186 Å². The minimum absolute atomic E-state index is 0.0384. The molecule has 0 fully saturated rings. The molecule has 0 aliphatic carbocycles. The van der Waals surface area contributed by atoms with Gasteiger partial charge in [0.15, 0.2) is 0 Å². The Hall–Kier alpha value is -3.63. The zero-order valence-corrected chi connectivity index (χ0v) is 17.5. The van der Waals surface area contributed by atoms with Gasteiger partial charge in [0.2, 0.25) is 11.7 Å². The number of thiophene rings is 1. The van der Waals surface area contributed by atoms with Crippen molar-refractivity contribution < 1.29 is 13.3 Å². The van der Waals surface area contributed by atoms with Crippen molar-refractivity contribution in [2.24, 2.45) is 0 Å². The summed E-state index contributed by atoms with van der Waals surface area (Å²) < 4.78 is 35.3. The van der Waals surface area contributed by atoms with Gasteiger partial charge in [-0.2, -0.15) is 4.98 Å². The largest absolute Gasteiger partial charge is 0.337 e. The molecule has 0 spiro atoms. The van der Waals surface area contributed by atoms with Gasteiger partial charge in [-0.3, -0.25) is 9.36 Å². The first-order chi connectivity index (χ1) is 15.4. The molecule has 32 heavy (non-hydrogen) atoms. The molecule has 2 aromatic carbocycles. The number of aromatic nitrogens is 4. The highest BCUT2D eigenvalue weighted by atomic mass is 35.5. The van der Waals surface area contributed by atoms with Crippen LogP contribution in [-0.4, -0.2) is 19.3 Å². The van der Waals surface area contributed by atoms with Crippen LogP contribution >= 0.6 is 22.9 Å². The molecule has 5 rings (SSSR count). The molecule has 7 nitrogen and oxygen atoms in total. The first-order valence-electron chi connectivity index (χ1n) is 9.19. The molecule has 0 saturated carbocycles. The van der Waals surface area contributed by atoms with Crippen molar-refractivity contribution in [3.05, 3.63) is 97.3 Å². The number of rotatable bonds is 4. The molecule has 0 bridgehead atoms. The molecule has 0 saturated heterocycles. The Kier molecular flexibility index (Phi) is 4.95. The van der Waals surface area contributed by atoms with Crippen LogP contribution in [0.3, 0.4) is 0 Å². The van der Waals surface area contributed by atoms with Crippen molar-refractivity contribution in [1.29, 1.82) is 0 Å². The van der Waals surface area contributed by atoms with Crippen LogP contribution in [0, 0.1) is 11.6 Å². The quantitative estimate of drug-likeness (QED) is 0.390. The molecule has 0 aliphatic rings. The first kappa shape index (κ1) is 20.3. The van der Waals surface area contributed by atoms with E-state index in [-0.39, 0.29) is 29.0 Å². The lowest BCUT2D eigenvalue weighted by Gasteiger charge is -2.10. The van der Waals surface area contributed by atoms with Crippen LogP contribution in [0.15, 0.2) is 68.0 Å². The standard InChI is InChI=1S/C21H11ClF2N4O3S/c22-14-5-4-11(8-15(14)24)19-25-17(31-26-19)10-27-16-6-7-32-18(16)20(29)28(21(27)30)13-3-1-2-12(23)9-13/h1-9H,10H2. The maximum atomic E-state index is 13.8. The van der Waals surface area contributed by atoms with Gasteiger partial charge >= 0.3 is 5.69 Å². The minimum atomic E-state index is -0.691. The van der Waals surface area contributed by atoms with Crippen molar-refractivity contribution in [3.63, 3.8) is 0 Å². The summed E-state index contributed by atoms with van der Waals surface area (Å²) in [6.07, 6.45) is 0. The van der Waals surface area contributed by atoms with E-state index in [1.165, 1.54) is 41.0 Å². The molecule has 0 atom stereocenters. The van der Waals surface area contributed by atoms with Gasteiger partial charge in [0, 0.05) is 5.56 Å². The molecule has 3 aromatic heterocycles. The fourth-order valence-corrected chi connectivity index (χ4v) is 4.23. The van der Waals surface area contributed by atoms with Gasteiger partial charge in [-0.15, -0.1) is 11.3 Å². The Balaban J connectivity index is 1.62. The summed E-state index contributed by atoms with van der Waals surface area (Å²) >= 11 is 6.86. The second-order valence-electron chi connectivity index (χ2n) is 6.76. The number of hydrogen-bond donors (Lipinski definition) is 0. The Bertz CT molecular complexity index is 1600. The van der Waals surface area contributed by atoms with Gasteiger partial charge in [-0.1, -0.05) is 22.8 Å². The second kappa shape index (κ2) is 7.81. The average molecular weight is 473 g/mol. The van der Waals surface area contributed by atoms with E-state index in [2.05, 4.69) is 10.1 Å². The SMILES string of the molecule is O=c1c2sccc2n(Cc2nc(-c3ccc(Cl)c(F)c3)no2)c(=O)n1-c1cccc(F)c1. The number of hydrogen-bond acceptors (Lipinski definition) is 6. The lowest BCUT2D eigenvalue weighted by Crippen LogP contribution is -2.38. The summed E-state index contributed by atoms with van der Waals surface area (Å²) in [4.78, 5) is 30.4. The van der Waals surface area contributed by atoms with E-state index in [1.807, 2.05) is 0 Å². The van der Waals surface area contributed by atoms with Crippen LogP contribution in [0.4, 0.5) is 8.78 Å². The zero-order chi connectivity index (χ0) is 22.4. The van der Waals surface area contributed by atoms with Gasteiger partial charge in [-0.25, -0.2) is 18.1 Å². The van der Waals surface area contributed by atoms with Crippen LogP contribution in [0.5, 0.6) is 0 Å². The summed E-state index contributed by atoms with van der Waals surface area (Å²) in [6.45, 7) is -0.148. The lowest BCUT2D eigenvalue weighted by atomic mass is 10.2. The topological polar surface area (TPSA) is 82.9 Å². The number of nitrogens with zero attached hydrogens (tertiary/aromatic N) is 4.